The summed E-state index contributed by atoms with van der Waals surface area (Å²) in [7, 11) is 0. The zero-order valence-corrected chi connectivity index (χ0v) is 13.8. The number of guanidine groups is 1. The van der Waals surface area contributed by atoms with Crippen LogP contribution in [0.3, 0.4) is 0 Å². The Morgan fingerprint density at radius 2 is 1.91 bits per heavy atom. The van der Waals surface area contributed by atoms with E-state index in [1.807, 2.05) is 12.1 Å². The highest BCUT2D eigenvalue weighted by Gasteiger charge is 2.38. The predicted octanol–water partition coefficient (Wildman–Crippen LogP) is 3.52. The van der Waals surface area contributed by atoms with Crippen LogP contribution in [0.15, 0.2) is 41.4 Å². The van der Waals surface area contributed by atoms with Gasteiger partial charge in [0.15, 0.2) is 5.96 Å². The third kappa shape index (κ3) is 3.74. The number of nitrogens with zero attached hydrogens (tertiary/aromatic N) is 1. The van der Waals surface area contributed by atoms with Gasteiger partial charge in [-0.3, -0.25) is 4.99 Å². The topological polar surface area (TPSA) is 36.4 Å². The molecule has 2 N–H and O–H groups in total. The second-order valence-electron chi connectivity index (χ2n) is 6.62. The Hall–Kier alpha value is -1.84. The Morgan fingerprint density at radius 3 is 2.48 bits per heavy atom. The molecule has 2 aliphatic carbocycles. The van der Waals surface area contributed by atoms with Gasteiger partial charge < -0.3 is 10.6 Å². The van der Waals surface area contributed by atoms with E-state index in [4.69, 9.17) is 4.99 Å². The first kappa shape index (κ1) is 16.0. The molecule has 1 fully saturated rings. The van der Waals surface area contributed by atoms with E-state index >= 15 is 0 Å². The van der Waals surface area contributed by atoms with Crippen LogP contribution < -0.4 is 10.6 Å². The van der Waals surface area contributed by atoms with Gasteiger partial charge in [0.05, 0.1) is 6.54 Å². The van der Waals surface area contributed by atoms with E-state index in [0.717, 1.165) is 44.7 Å². The molecule has 0 amide bonds. The normalized spacial score (nSPS) is 20.3. The molecule has 3 nitrogen and oxygen atoms in total. The van der Waals surface area contributed by atoms with Crippen molar-refractivity contribution in [2.24, 2.45) is 4.99 Å². The molecule has 1 aromatic carbocycles. The number of hydrogen-bond donors (Lipinski definition) is 2. The van der Waals surface area contributed by atoms with Gasteiger partial charge in [0.25, 0.3) is 0 Å². The van der Waals surface area contributed by atoms with Crippen molar-refractivity contribution in [2.75, 3.05) is 13.1 Å². The molecule has 0 spiro atoms. The van der Waals surface area contributed by atoms with E-state index < -0.39 is 0 Å². The van der Waals surface area contributed by atoms with E-state index in [-0.39, 0.29) is 11.2 Å². The molecule has 0 radical (unpaired) electrons. The van der Waals surface area contributed by atoms with Crippen LogP contribution in [-0.4, -0.2) is 25.1 Å². The molecule has 0 atom stereocenters. The lowest BCUT2D eigenvalue weighted by Gasteiger charge is -2.41. The van der Waals surface area contributed by atoms with Gasteiger partial charge in [-0.05, 0) is 50.3 Å². The number of hydrogen-bond acceptors (Lipinski definition) is 1. The fourth-order valence-electron chi connectivity index (χ4n) is 3.42. The van der Waals surface area contributed by atoms with Crippen molar-refractivity contribution in [3.63, 3.8) is 0 Å². The molecule has 3 rings (SSSR count). The molecule has 2 aliphatic rings. The first-order valence-electron chi connectivity index (χ1n) is 8.68. The average molecular weight is 315 g/mol. The minimum atomic E-state index is -0.171. The summed E-state index contributed by atoms with van der Waals surface area (Å²) in [6, 6.07) is 7.42. The van der Waals surface area contributed by atoms with E-state index in [1.165, 1.54) is 12.0 Å². The van der Waals surface area contributed by atoms with Crippen molar-refractivity contribution in [3.8, 4) is 0 Å². The van der Waals surface area contributed by atoms with Crippen molar-refractivity contribution in [1.82, 2.24) is 10.6 Å². The minimum Gasteiger partial charge on any atom is -0.357 e. The number of rotatable bonds is 5. The van der Waals surface area contributed by atoms with E-state index in [1.54, 1.807) is 12.1 Å². The molecular weight excluding hydrogens is 289 g/mol. The summed E-state index contributed by atoms with van der Waals surface area (Å²) in [6.45, 7) is 3.70. The largest absolute Gasteiger partial charge is 0.357 e. The van der Waals surface area contributed by atoms with Crippen LogP contribution in [-0.2, 0) is 5.41 Å². The fourth-order valence-corrected chi connectivity index (χ4v) is 3.42. The highest BCUT2D eigenvalue weighted by Crippen LogP contribution is 2.44. The summed E-state index contributed by atoms with van der Waals surface area (Å²) in [5.74, 6) is 0.727. The first-order valence-corrected chi connectivity index (χ1v) is 8.68. The average Bonchev–Trinajstić information content (AvgIpc) is 3.01. The Bertz CT molecular complexity index is 565. The van der Waals surface area contributed by atoms with Crippen molar-refractivity contribution in [1.29, 1.82) is 0 Å². The van der Waals surface area contributed by atoms with Crippen molar-refractivity contribution < 1.29 is 4.39 Å². The van der Waals surface area contributed by atoms with Gasteiger partial charge in [-0.15, -0.1) is 0 Å². The van der Waals surface area contributed by atoms with Gasteiger partial charge in [-0.1, -0.05) is 30.7 Å². The van der Waals surface area contributed by atoms with Crippen LogP contribution in [0.1, 0.15) is 44.6 Å². The van der Waals surface area contributed by atoms with Gasteiger partial charge in [0.1, 0.15) is 5.82 Å². The molecular formula is C19H26FN3. The van der Waals surface area contributed by atoms with E-state index in [2.05, 4.69) is 29.7 Å². The Morgan fingerprint density at radius 1 is 1.22 bits per heavy atom. The second kappa shape index (κ2) is 7.16. The molecule has 0 saturated heterocycles. The van der Waals surface area contributed by atoms with Crippen LogP contribution in [0.25, 0.3) is 0 Å². The zero-order chi connectivity index (χ0) is 16.1. The van der Waals surface area contributed by atoms with Crippen molar-refractivity contribution in [3.05, 3.63) is 47.8 Å². The summed E-state index contributed by atoms with van der Waals surface area (Å²) in [4.78, 5) is 4.84. The molecule has 23 heavy (non-hydrogen) atoms. The highest BCUT2D eigenvalue weighted by atomic mass is 19.1. The van der Waals surface area contributed by atoms with E-state index in [9.17, 15) is 4.39 Å². The second-order valence-corrected chi connectivity index (χ2v) is 6.62. The van der Waals surface area contributed by atoms with Crippen LogP contribution in [0, 0.1) is 5.82 Å². The zero-order valence-electron chi connectivity index (χ0n) is 13.8. The van der Waals surface area contributed by atoms with Crippen LogP contribution in [0.4, 0.5) is 4.39 Å². The number of halogens is 1. The SMILES string of the molecule is CCNC(=NCC1(c2ccc(F)cc2)CCC1)NC1CC=CC1. The van der Waals surface area contributed by atoms with Crippen molar-refractivity contribution in [2.45, 2.75) is 50.5 Å². The molecule has 0 aliphatic heterocycles. The lowest BCUT2D eigenvalue weighted by atomic mass is 9.64. The molecule has 0 heterocycles. The minimum absolute atomic E-state index is 0.0873. The summed E-state index contributed by atoms with van der Waals surface area (Å²) >= 11 is 0. The maximum atomic E-state index is 13.2. The number of nitrogens with one attached hydrogen (secondary N) is 2. The lowest BCUT2D eigenvalue weighted by Crippen LogP contribution is -2.44. The highest BCUT2D eigenvalue weighted by molar-refractivity contribution is 5.80. The monoisotopic (exact) mass is 315 g/mol. The summed E-state index contributed by atoms with van der Waals surface area (Å²) in [5.41, 5.74) is 1.30. The quantitative estimate of drug-likeness (QED) is 0.495. The summed E-state index contributed by atoms with van der Waals surface area (Å²) in [6.07, 6.45) is 10.0. The molecule has 4 heteroatoms. The Balaban J connectivity index is 1.69. The smallest absolute Gasteiger partial charge is 0.191 e. The molecule has 0 unspecified atom stereocenters. The predicted molar refractivity (Wildman–Crippen MR) is 93.2 cm³/mol. The third-order valence-corrected chi connectivity index (χ3v) is 5.00. The Labute approximate surface area is 138 Å². The summed E-state index contributed by atoms with van der Waals surface area (Å²) in [5, 5.41) is 6.86. The molecule has 1 saturated carbocycles. The number of aliphatic imine (C=N–C) groups is 1. The molecule has 0 bridgehead atoms. The molecule has 1 aromatic rings. The standard InChI is InChI=1S/C19H26FN3/c1-2-21-18(23-17-6-3-4-7-17)22-14-19(12-5-13-19)15-8-10-16(20)11-9-15/h3-4,8-11,17H,2,5-7,12-14H2,1H3,(H2,21,22,23). The van der Waals surface area contributed by atoms with E-state index in [0.29, 0.717) is 6.04 Å². The van der Waals surface area contributed by atoms with Crippen LogP contribution in [0.2, 0.25) is 0 Å². The van der Waals surface area contributed by atoms with Crippen molar-refractivity contribution >= 4 is 5.96 Å². The maximum absolute atomic E-state index is 13.2. The maximum Gasteiger partial charge on any atom is 0.191 e. The van der Waals surface area contributed by atoms with Gasteiger partial charge >= 0.3 is 0 Å². The molecule has 124 valence electrons. The van der Waals surface area contributed by atoms with Gasteiger partial charge in [0.2, 0.25) is 0 Å². The van der Waals surface area contributed by atoms with Gasteiger partial charge in [0, 0.05) is 18.0 Å². The third-order valence-electron chi connectivity index (χ3n) is 5.00. The summed E-state index contributed by atoms with van der Waals surface area (Å²) < 4.78 is 13.2. The van der Waals surface area contributed by atoms with Crippen LogP contribution >= 0.6 is 0 Å². The van der Waals surface area contributed by atoms with Gasteiger partial charge in [-0.25, -0.2) is 4.39 Å². The van der Waals surface area contributed by atoms with Crippen LogP contribution in [0.5, 0.6) is 0 Å². The molecule has 0 aromatic heterocycles. The fraction of sp³-hybridized carbons (Fsp3) is 0.526. The Kier molecular flexibility index (Phi) is 4.99. The van der Waals surface area contributed by atoms with Gasteiger partial charge in [-0.2, -0.15) is 0 Å². The lowest BCUT2D eigenvalue weighted by molar-refractivity contribution is 0.253. The number of benzene rings is 1. The first-order chi connectivity index (χ1) is 11.2.